The van der Waals surface area contributed by atoms with Crippen LogP contribution in [0.25, 0.3) is 11.4 Å². The van der Waals surface area contributed by atoms with Gasteiger partial charge in [-0.3, -0.25) is 9.13 Å². The predicted octanol–water partition coefficient (Wildman–Crippen LogP) is 8.10. The van der Waals surface area contributed by atoms with E-state index in [0.29, 0.717) is 26.4 Å². The third kappa shape index (κ3) is 7.23. The number of aromatic nitrogens is 6. The molecule has 45 heavy (non-hydrogen) atoms. The number of fused-ring (bicyclic) bond motifs is 6. The van der Waals surface area contributed by atoms with Crippen LogP contribution in [0.2, 0.25) is 0 Å². The molecule has 4 heterocycles. The summed E-state index contributed by atoms with van der Waals surface area (Å²) in [5.74, 6) is 3.50. The molecule has 8 nitrogen and oxygen atoms in total. The zero-order chi connectivity index (χ0) is 31.2. The van der Waals surface area contributed by atoms with E-state index in [1.165, 1.54) is 15.4 Å². The van der Waals surface area contributed by atoms with Crippen LogP contribution in [0.3, 0.4) is 0 Å². The number of thiol groups is 1. The molecule has 0 bridgehead atoms. The summed E-state index contributed by atoms with van der Waals surface area (Å²) in [5.41, 5.74) is 4.56. The summed E-state index contributed by atoms with van der Waals surface area (Å²) in [6.45, 7) is 6.11. The zero-order valence-corrected chi connectivity index (χ0v) is 28.1. The molecule has 6 aromatic rings. The van der Waals surface area contributed by atoms with E-state index in [1.54, 1.807) is 11.8 Å². The highest BCUT2D eigenvalue weighted by Crippen LogP contribution is 2.35. The predicted molar refractivity (Wildman–Crippen MR) is 181 cm³/mol. The lowest BCUT2D eigenvalue weighted by molar-refractivity contribution is 0.104. The Hall–Kier alpha value is -3.74. The van der Waals surface area contributed by atoms with Crippen LogP contribution >= 0.6 is 40.3 Å². The van der Waals surface area contributed by atoms with Crippen LogP contribution in [0.5, 0.6) is 0 Å². The number of halogens is 1. The second kappa shape index (κ2) is 14.6. The van der Waals surface area contributed by atoms with Gasteiger partial charge in [-0.15, -0.1) is 33.0 Å². The van der Waals surface area contributed by atoms with Crippen LogP contribution in [0.1, 0.15) is 34.4 Å². The molecule has 0 atom stereocenters. The Morgan fingerprint density at radius 3 is 1.73 bits per heavy atom. The molecule has 11 heteroatoms. The highest BCUT2D eigenvalue weighted by atomic mass is 79.9. The van der Waals surface area contributed by atoms with Gasteiger partial charge < -0.3 is 9.47 Å². The minimum Gasteiger partial charge on any atom is -0.369 e. The molecule has 0 saturated heterocycles. The lowest BCUT2D eigenvalue weighted by Crippen LogP contribution is -2.03. The fourth-order valence-electron chi connectivity index (χ4n) is 5.06. The van der Waals surface area contributed by atoms with Gasteiger partial charge in [-0.05, 0) is 62.4 Å². The minimum absolute atomic E-state index is 0.491. The van der Waals surface area contributed by atoms with Crippen molar-refractivity contribution in [1.82, 2.24) is 29.5 Å². The first-order valence-electron chi connectivity index (χ1n) is 14.3. The first-order valence-corrected chi connectivity index (χ1v) is 16.4. The molecule has 228 valence electrons. The summed E-state index contributed by atoms with van der Waals surface area (Å²) in [4.78, 5) is 3.45. The topological polar surface area (TPSA) is 79.9 Å². The van der Waals surface area contributed by atoms with Gasteiger partial charge >= 0.3 is 0 Å². The van der Waals surface area contributed by atoms with Crippen LogP contribution in [0, 0.1) is 13.8 Å². The maximum absolute atomic E-state index is 5.80. The van der Waals surface area contributed by atoms with Crippen LogP contribution in [-0.4, -0.2) is 29.5 Å². The van der Waals surface area contributed by atoms with Crippen molar-refractivity contribution in [1.29, 1.82) is 0 Å². The van der Waals surface area contributed by atoms with Gasteiger partial charge in [0.05, 0.1) is 24.6 Å². The van der Waals surface area contributed by atoms with Crippen molar-refractivity contribution in [3.8, 4) is 11.4 Å². The van der Waals surface area contributed by atoms with E-state index in [9.17, 15) is 0 Å². The fraction of sp³-hybridized carbons (Fsp3) is 0.176. The number of rotatable bonds is 2. The maximum atomic E-state index is 5.80. The van der Waals surface area contributed by atoms with Gasteiger partial charge in [-0.2, -0.15) is 0 Å². The molecule has 0 spiro atoms. The van der Waals surface area contributed by atoms with E-state index in [1.807, 2.05) is 66.9 Å². The number of aryl methyl sites for hydroxylation is 2. The van der Waals surface area contributed by atoms with Crippen LogP contribution in [-0.2, 0) is 35.9 Å². The monoisotopic (exact) mass is 698 g/mol. The third-order valence-electron chi connectivity index (χ3n) is 7.15. The summed E-state index contributed by atoms with van der Waals surface area (Å²) in [7, 11) is 0. The van der Waals surface area contributed by atoms with Crippen molar-refractivity contribution in [2.45, 2.75) is 55.0 Å². The van der Waals surface area contributed by atoms with E-state index < -0.39 is 0 Å². The quantitative estimate of drug-likeness (QED) is 0.183. The normalized spacial score (nSPS) is 12.9. The molecule has 0 aliphatic carbocycles. The van der Waals surface area contributed by atoms with Gasteiger partial charge in [0.1, 0.15) is 24.9 Å². The van der Waals surface area contributed by atoms with Crippen LogP contribution < -0.4 is 0 Å². The number of hydrogen-bond acceptors (Lipinski definition) is 8. The number of ether oxygens (including phenoxy) is 2. The van der Waals surface area contributed by atoms with Crippen molar-refractivity contribution < 1.29 is 9.47 Å². The number of benzene rings is 4. The summed E-state index contributed by atoms with van der Waals surface area (Å²) in [6, 6.07) is 32.6. The average molecular weight is 700 g/mol. The second-order valence-corrected chi connectivity index (χ2v) is 12.7. The molecule has 0 unspecified atom stereocenters. The van der Waals surface area contributed by atoms with Crippen molar-refractivity contribution >= 4 is 40.3 Å². The fourth-order valence-corrected chi connectivity index (χ4v) is 6.69. The molecule has 0 saturated carbocycles. The molecule has 0 amide bonds. The largest absolute Gasteiger partial charge is 0.369 e. The SMILES string of the molecule is Cc1nnc2n1-c1cccc(Br)c1COC2.Cc1nnc2n1-c1cccc(Sc3ccccc3)c1COC2.Sc1ccccc1. The van der Waals surface area contributed by atoms with E-state index in [2.05, 4.69) is 102 Å². The zero-order valence-electron chi connectivity index (χ0n) is 24.8. The Kier molecular flexibility index (Phi) is 10.1. The van der Waals surface area contributed by atoms with Crippen molar-refractivity contribution in [3.05, 3.63) is 136 Å². The van der Waals surface area contributed by atoms with E-state index in [4.69, 9.17) is 9.47 Å². The summed E-state index contributed by atoms with van der Waals surface area (Å²) < 4.78 is 16.6. The lowest BCUT2D eigenvalue weighted by atomic mass is 10.2. The number of nitrogens with zero attached hydrogens (tertiary/aromatic N) is 6. The molecule has 8 rings (SSSR count). The second-order valence-electron chi connectivity index (χ2n) is 10.2. The first-order chi connectivity index (χ1) is 22.0. The van der Waals surface area contributed by atoms with Crippen LogP contribution in [0.4, 0.5) is 0 Å². The smallest absolute Gasteiger partial charge is 0.163 e. The number of hydrogen-bond donors (Lipinski definition) is 1. The Morgan fingerprint density at radius 2 is 1.16 bits per heavy atom. The Bertz CT molecular complexity index is 1900. The van der Waals surface area contributed by atoms with Gasteiger partial charge in [-0.25, -0.2) is 0 Å². The Morgan fingerprint density at radius 1 is 0.622 bits per heavy atom. The van der Waals surface area contributed by atoms with Gasteiger partial charge in [0, 0.05) is 30.3 Å². The molecule has 2 aliphatic heterocycles. The standard InChI is InChI=1S/C17H15N3OS.C11H10BrN3O.C6H6S/c1-12-18-19-17-11-21-10-14-15(20(12)17)8-5-9-16(14)22-13-6-3-2-4-7-13;1-7-13-14-11-6-16-5-8-9(12)3-2-4-10(8)15(7)11;7-6-4-2-1-3-5-6/h2-9H,10-11H2,1H3;2-4H,5-6H2,1H3;1-5,7H. The summed E-state index contributed by atoms with van der Waals surface area (Å²) >= 11 is 9.39. The Balaban J connectivity index is 0.000000135. The summed E-state index contributed by atoms with van der Waals surface area (Å²) in [5, 5.41) is 16.6. The van der Waals surface area contributed by atoms with Gasteiger partial charge in [0.2, 0.25) is 0 Å². The maximum Gasteiger partial charge on any atom is 0.163 e. The van der Waals surface area contributed by atoms with E-state index >= 15 is 0 Å². The molecular weight excluding hydrogens is 668 g/mol. The van der Waals surface area contributed by atoms with Crippen LogP contribution in [0.15, 0.2) is 116 Å². The molecule has 0 N–H and O–H groups in total. The highest BCUT2D eigenvalue weighted by molar-refractivity contribution is 9.10. The molecule has 0 fully saturated rings. The molecule has 0 radical (unpaired) electrons. The average Bonchev–Trinajstić information content (AvgIpc) is 3.45. The van der Waals surface area contributed by atoms with Gasteiger partial charge in [0.15, 0.2) is 11.6 Å². The van der Waals surface area contributed by atoms with Crippen molar-refractivity contribution in [3.63, 3.8) is 0 Å². The molecule has 2 aliphatic rings. The highest BCUT2D eigenvalue weighted by Gasteiger charge is 2.21. The minimum atomic E-state index is 0.491. The van der Waals surface area contributed by atoms with Crippen molar-refractivity contribution in [2.24, 2.45) is 0 Å². The molecular formula is C34H31BrN6O2S2. The van der Waals surface area contributed by atoms with Gasteiger partial charge in [0.25, 0.3) is 0 Å². The van der Waals surface area contributed by atoms with E-state index in [-0.39, 0.29) is 0 Å². The van der Waals surface area contributed by atoms with Crippen molar-refractivity contribution in [2.75, 3.05) is 0 Å². The first kappa shape index (κ1) is 31.3. The van der Waals surface area contributed by atoms with E-state index in [0.717, 1.165) is 49.6 Å². The lowest BCUT2D eigenvalue weighted by Gasteiger charge is -2.13. The summed E-state index contributed by atoms with van der Waals surface area (Å²) in [6.07, 6.45) is 0. The molecule has 4 aromatic carbocycles. The Labute approximate surface area is 280 Å². The van der Waals surface area contributed by atoms with Gasteiger partial charge in [-0.1, -0.05) is 76.2 Å². The molecule has 2 aromatic heterocycles. The third-order valence-corrected chi connectivity index (χ3v) is 9.30.